The van der Waals surface area contributed by atoms with Crippen LogP contribution in [0.15, 0.2) is 35.5 Å². The number of methoxy groups -OCH3 is 2. The van der Waals surface area contributed by atoms with Gasteiger partial charge < -0.3 is 28.9 Å². The lowest BCUT2D eigenvalue weighted by atomic mass is 9.83. The van der Waals surface area contributed by atoms with Gasteiger partial charge in [-0.1, -0.05) is 5.16 Å². The summed E-state index contributed by atoms with van der Waals surface area (Å²) in [4.78, 5) is 30.4. The average molecular weight is 411 g/mol. The quantitative estimate of drug-likeness (QED) is 0.603. The van der Waals surface area contributed by atoms with E-state index in [1.807, 2.05) is 0 Å². The molecule has 0 radical (unpaired) electrons. The second kappa shape index (κ2) is 7.43. The van der Waals surface area contributed by atoms with E-state index in [2.05, 4.69) is 5.16 Å². The van der Waals surface area contributed by atoms with E-state index in [-0.39, 0.29) is 40.7 Å². The minimum Gasteiger partial charge on any atom is -0.504 e. The lowest BCUT2D eigenvalue weighted by Gasteiger charge is -2.21. The first kappa shape index (κ1) is 19.3. The third-order valence-corrected chi connectivity index (χ3v) is 4.79. The molecule has 0 amide bonds. The molecule has 2 aliphatic rings. The highest BCUT2D eigenvalue weighted by atomic mass is 16.7. The van der Waals surface area contributed by atoms with Crippen molar-refractivity contribution >= 4 is 23.0 Å². The van der Waals surface area contributed by atoms with E-state index in [1.165, 1.54) is 39.5 Å². The number of esters is 1. The number of ether oxygens (including phenoxy) is 4. The highest BCUT2D eigenvalue weighted by Crippen LogP contribution is 2.42. The van der Waals surface area contributed by atoms with Gasteiger partial charge in [0.25, 0.3) is 0 Å². The molecule has 0 saturated carbocycles. The second-order valence-corrected chi connectivity index (χ2v) is 6.33. The van der Waals surface area contributed by atoms with Crippen molar-refractivity contribution in [3.63, 3.8) is 0 Å². The fourth-order valence-electron chi connectivity index (χ4n) is 3.43. The molecule has 0 bridgehead atoms. The Morgan fingerprint density at radius 3 is 2.40 bits per heavy atom. The maximum absolute atomic E-state index is 12.9. The molecule has 0 saturated heterocycles. The monoisotopic (exact) mass is 411 g/mol. The number of carbonyl (C=O) groups excluding carboxylic acids is 2. The fourth-order valence-corrected chi connectivity index (χ4v) is 3.43. The van der Waals surface area contributed by atoms with E-state index in [9.17, 15) is 14.7 Å². The van der Waals surface area contributed by atoms with E-state index >= 15 is 0 Å². The zero-order valence-electron chi connectivity index (χ0n) is 16.3. The first-order valence-electron chi connectivity index (χ1n) is 8.80. The number of benzene rings is 2. The minimum atomic E-state index is -0.803. The van der Waals surface area contributed by atoms with Crippen molar-refractivity contribution in [1.82, 2.24) is 0 Å². The predicted octanol–water partition coefficient (Wildman–Crippen LogP) is 2.55. The first-order chi connectivity index (χ1) is 14.5. The number of fused-ring (bicyclic) bond motifs is 2. The topological polar surface area (TPSA) is 113 Å². The molecule has 0 aromatic heterocycles. The highest BCUT2D eigenvalue weighted by Gasteiger charge is 2.33. The van der Waals surface area contributed by atoms with E-state index in [0.29, 0.717) is 22.6 Å². The molecule has 1 heterocycles. The fraction of sp³-hybridized carbons (Fsp3) is 0.190. The van der Waals surface area contributed by atoms with Gasteiger partial charge in [0.05, 0.1) is 14.2 Å². The van der Waals surface area contributed by atoms with Gasteiger partial charge in [-0.2, -0.15) is 0 Å². The van der Waals surface area contributed by atoms with Gasteiger partial charge in [0, 0.05) is 22.3 Å². The van der Waals surface area contributed by atoms with Crippen LogP contribution in [0.2, 0.25) is 0 Å². The zero-order valence-corrected chi connectivity index (χ0v) is 16.3. The molecular formula is C21H17NO8. The number of carbonyl (C=O) groups is 2. The molecule has 1 aliphatic heterocycles. The Hall–Kier alpha value is -4.01. The SMILES string of the molecule is CO/N=C1\C(c2ccc(OC)c(O)c2C(=O)OC)=CC(=O)c2cc3c(cc21)OCO3. The summed E-state index contributed by atoms with van der Waals surface area (Å²) in [5.74, 6) is -0.563. The number of phenolic OH excluding ortho intramolecular Hbond substituents is 1. The van der Waals surface area contributed by atoms with Crippen molar-refractivity contribution in [2.24, 2.45) is 5.16 Å². The van der Waals surface area contributed by atoms with E-state index in [1.54, 1.807) is 12.1 Å². The Balaban J connectivity index is 1.96. The van der Waals surface area contributed by atoms with Gasteiger partial charge in [-0.3, -0.25) is 4.79 Å². The molecule has 1 N–H and O–H groups in total. The summed E-state index contributed by atoms with van der Waals surface area (Å²) in [6, 6.07) is 6.21. The number of ketones is 1. The summed E-state index contributed by atoms with van der Waals surface area (Å²) >= 11 is 0. The average Bonchev–Trinajstić information content (AvgIpc) is 3.21. The Labute approximate surface area is 171 Å². The van der Waals surface area contributed by atoms with Crippen molar-refractivity contribution < 1.29 is 38.5 Å². The largest absolute Gasteiger partial charge is 0.504 e. The summed E-state index contributed by atoms with van der Waals surface area (Å²) in [5.41, 5.74) is 1.40. The number of hydrogen-bond acceptors (Lipinski definition) is 9. The van der Waals surface area contributed by atoms with E-state index in [4.69, 9.17) is 23.8 Å². The Bertz CT molecular complexity index is 1130. The van der Waals surface area contributed by atoms with Crippen LogP contribution in [0, 0.1) is 0 Å². The van der Waals surface area contributed by atoms with Crippen LogP contribution in [0.4, 0.5) is 0 Å². The van der Waals surface area contributed by atoms with Crippen molar-refractivity contribution in [2.75, 3.05) is 28.1 Å². The molecular weight excluding hydrogens is 394 g/mol. The molecule has 0 spiro atoms. The number of hydrogen-bond donors (Lipinski definition) is 1. The van der Waals surface area contributed by atoms with Gasteiger partial charge in [0.2, 0.25) is 6.79 Å². The van der Waals surface area contributed by atoms with Gasteiger partial charge in [0.1, 0.15) is 18.4 Å². The van der Waals surface area contributed by atoms with E-state index < -0.39 is 11.7 Å². The zero-order chi connectivity index (χ0) is 21.4. The van der Waals surface area contributed by atoms with Crippen LogP contribution in [0.3, 0.4) is 0 Å². The van der Waals surface area contributed by atoms with Crippen LogP contribution in [-0.4, -0.2) is 50.7 Å². The predicted molar refractivity (Wildman–Crippen MR) is 104 cm³/mol. The van der Waals surface area contributed by atoms with Gasteiger partial charge >= 0.3 is 5.97 Å². The summed E-state index contributed by atoms with van der Waals surface area (Å²) < 4.78 is 20.7. The van der Waals surface area contributed by atoms with Crippen molar-refractivity contribution in [3.8, 4) is 23.0 Å². The number of oxime groups is 1. The van der Waals surface area contributed by atoms with Crippen LogP contribution in [-0.2, 0) is 9.57 Å². The second-order valence-electron chi connectivity index (χ2n) is 6.33. The van der Waals surface area contributed by atoms with Gasteiger partial charge in [-0.05, 0) is 30.3 Å². The number of allylic oxidation sites excluding steroid dienone is 2. The molecule has 154 valence electrons. The molecule has 4 rings (SSSR count). The summed E-state index contributed by atoms with van der Waals surface area (Å²) in [7, 11) is 3.90. The number of phenols is 1. The summed E-state index contributed by atoms with van der Waals surface area (Å²) in [5, 5.41) is 14.6. The van der Waals surface area contributed by atoms with Crippen LogP contribution < -0.4 is 14.2 Å². The third kappa shape index (κ3) is 2.91. The summed E-state index contributed by atoms with van der Waals surface area (Å²) in [6.07, 6.45) is 1.32. The highest BCUT2D eigenvalue weighted by molar-refractivity contribution is 6.41. The lowest BCUT2D eigenvalue weighted by Crippen LogP contribution is -2.19. The Morgan fingerprint density at radius 2 is 1.77 bits per heavy atom. The van der Waals surface area contributed by atoms with Crippen molar-refractivity contribution in [3.05, 3.63) is 52.6 Å². The number of aromatic hydroxyl groups is 1. The maximum atomic E-state index is 12.9. The van der Waals surface area contributed by atoms with Crippen LogP contribution in [0.1, 0.15) is 31.8 Å². The molecule has 30 heavy (non-hydrogen) atoms. The molecule has 9 heteroatoms. The molecule has 0 unspecified atom stereocenters. The Kier molecular flexibility index (Phi) is 4.78. The standard InChI is InChI=1S/C21H17NO8/c1-26-15-5-4-10(18(20(15)24)21(25)27-2)12-6-14(23)11-7-16-17(30-9-29-16)8-13(11)19(12)22-28-3/h4-8,24H,9H2,1-3H3/b22-19+. The van der Waals surface area contributed by atoms with Crippen LogP contribution in [0.5, 0.6) is 23.0 Å². The molecule has 0 atom stereocenters. The van der Waals surface area contributed by atoms with Gasteiger partial charge in [-0.25, -0.2) is 4.79 Å². The van der Waals surface area contributed by atoms with E-state index in [0.717, 1.165) is 0 Å². The normalized spacial score (nSPS) is 15.5. The van der Waals surface area contributed by atoms with Crippen LogP contribution in [0.25, 0.3) is 5.57 Å². The van der Waals surface area contributed by atoms with Crippen molar-refractivity contribution in [1.29, 1.82) is 0 Å². The molecule has 0 fully saturated rings. The van der Waals surface area contributed by atoms with Gasteiger partial charge in [0.15, 0.2) is 28.8 Å². The third-order valence-electron chi connectivity index (χ3n) is 4.79. The molecule has 1 aliphatic carbocycles. The molecule has 2 aromatic carbocycles. The summed E-state index contributed by atoms with van der Waals surface area (Å²) in [6.45, 7) is 0.0439. The maximum Gasteiger partial charge on any atom is 0.342 e. The first-order valence-corrected chi connectivity index (χ1v) is 8.80. The number of rotatable bonds is 4. The van der Waals surface area contributed by atoms with Crippen molar-refractivity contribution in [2.45, 2.75) is 0 Å². The number of nitrogens with zero attached hydrogens (tertiary/aromatic N) is 1. The Morgan fingerprint density at radius 1 is 1.07 bits per heavy atom. The van der Waals surface area contributed by atoms with Gasteiger partial charge in [-0.15, -0.1) is 0 Å². The molecule has 2 aromatic rings. The minimum absolute atomic E-state index is 0.0439. The smallest absolute Gasteiger partial charge is 0.342 e. The lowest BCUT2D eigenvalue weighted by molar-refractivity contribution is 0.0596. The van der Waals surface area contributed by atoms with Crippen LogP contribution >= 0.6 is 0 Å². The molecule has 9 nitrogen and oxygen atoms in total.